The molecule has 0 aromatic heterocycles. The predicted molar refractivity (Wildman–Crippen MR) is 49.2 cm³/mol. The third-order valence-electron chi connectivity index (χ3n) is 1.37. The first-order valence-corrected chi connectivity index (χ1v) is 4.14. The Morgan fingerprint density at radius 2 is 2.00 bits per heavy atom. The van der Waals surface area contributed by atoms with Gasteiger partial charge in [-0.2, -0.15) is 0 Å². The quantitative estimate of drug-likeness (QED) is 0.552. The van der Waals surface area contributed by atoms with Crippen LogP contribution in [0, 0.1) is 0 Å². The van der Waals surface area contributed by atoms with Crippen molar-refractivity contribution in [2.75, 3.05) is 0 Å². The summed E-state index contributed by atoms with van der Waals surface area (Å²) < 4.78 is 0. The molecule has 0 saturated heterocycles. The summed E-state index contributed by atoms with van der Waals surface area (Å²) in [7, 11) is 0. The van der Waals surface area contributed by atoms with Gasteiger partial charge in [0.15, 0.2) is 0 Å². The van der Waals surface area contributed by atoms with Crippen molar-refractivity contribution in [2.45, 2.75) is 12.4 Å². The third kappa shape index (κ3) is 2.55. The monoisotopic (exact) mass is 183 g/mol. The fourth-order valence-electron chi connectivity index (χ4n) is 0.854. The highest BCUT2D eigenvalue weighted by atomic mass is 35.5. The van der Waals surface area contributed by atoms with Crippen LogP contribution in [0.15, 0.2) is 30.3 Å². The van der Waals surface area contributed by atoms with Crippen molar-refractivity contribution in [1.82, 2.24) is 5.32 Å². The second-order valence-corrected chi connectivity index (χ2v) is 3.11. The summed E-state index contributed by atoms with van der Waals surface area (Å²) >= 11 is 5.59. The Hall–Kier alpha value is -1.02. The summed E-state index contributed by atoms with van der Waals surface area (Å²) in [6, 6.07) is 8.98. The fraction of sp³-hybridized carbons (Fsp3) is 0.222. The van der Waals surface area contributed by atoms with Crippen LogP contribution in [0.25, 0.3) is 0 Å². The Kier molecular flexibility index (Phi) is 3.11. The molecule has 1 amide bonds. The predicted octanol–water partition coefficient (Wildman–Crippen LogP) is 2.00. The Bertz CT molecular complexity index is 258. The molecule has 1 unspecified atom stereocenters. The molecular weight excluding hydrogens is 174 g/mol. The lowest BCUT2D eigenvalue weighted by Crippen LogP contribution is -2.28. The van der Waals surface area contributed by atoms with Gasteiger partial charge in [-0.3, -0.25) is 4.79 Å². The van der Waals surface area contributed by atoms with Crippen molar-refractivity contribution in [3.05, 3.63) is 35.9 Å². The van der Waals surface area contributed by atoms with Gasteiger partial charge in [-0.25, -0.2) is 0 Å². The Labute approximate surface area is 76.5 Å². The molecule has 2 nitrogen and oxygen atoms in total. The average molecular weight is 184 g/mol. The second kappa shape index (κ2) is 4.12. The minimum Gasteiger partial charge on any atom is -0.336 e. The normalized spacial score (nSPS) is 12.2. The first-order valence-electron chi connectivity index (χ1n) is 3.70. The molecule has 3 heteroatoms. The number of carbonyl (C=O) groups is 1. The molecule has 0 aliphatic heterocycles. The number of amides is 1. The maximum Gasteiger partial charge on any atom is 0.252 e. The number of alkyl halides is 1. The van der Waals surface area contributed by atoms with E-state index in [9.17, 15) is 4.79 Å². The molecule has 0 aliphatic carbocycles. The molecule has 1 rings (SSSR count). The molecule has 1 aromatic carbocycles. The van der Waals surface area contributed by atoms with E-state index in [1.165, 1.54) is 0 Å². The van der Waals surface area contributed by atoms with Gasteiger partial charge < -0.3 is 5.32 Å². The molecule has 1 atom stereocenters. The highest BCUT2D eigenvalue weighted by molar-refractivity contribution is 6.21. The molecule has 1 aromatic rings. The zero-order valence-electron chi connectivity index (χ0n) is 6.75. The molecule has 12 heavy (non-hydrogen) atoms. The number of rotatable bonds is 2. The van der Waals surface area contributed by atoms with E-state index >= 15 is 0 Å². The van der Waals surface area contributed by atoms with Gasteiger partial charge in [0.05, 0.1) is 0 Å². The maximum absolute atomic E-state index is 11.3. The Morgan fingerprint density at radius 3 is 2.50 bits per heavy atom. The lowest BCUT2D eigenvalue weighted by molar-refractivity contribution is 0.0951. The first kappa shape index (κ1) is 9.07. The van der Waals surface area contributed by atoms with E-state index in [-0.39, 0.29) is 11.4 Å². The van der Waals surface area contributed by atoms with Crippen molar-refractivity contribution in [1.29, 1.82) is 0 Å². The molecule has 64 valence electrons. The standard InChI is InChI=1S/C9H10ClNO/c1-7(10)11-9(12)8-5-3-2-4-6-8/h2-7H,1H3,(H,11,12). The molecule has 0 saturated carbocycles. The Balaban J connectivity index is 2.66. The summed E-state index contributed by atoms with van der Waals surface area (Å²) in [6.07, 6.45) is 0. The lowest BCUT2D eigenvalue weighted by Gasteiger charge is -2.05. The summed E-state index contributed by atoms with van der Waals surface area (Å²) in [5.41, 5.74) is 0.294. The Morgan fingerprint density at radius 1 is 1.42 bits per heavy atom. The summed E-state index contributed by atoms with van der Waals surface area (Å²) in [4.78, 5) is 11.3. The van der Waals surface area contributed by atoms with Crippen LogP contribution in [0.4, 0.5) is 0 Å². The molecule has 0 bridgehead atoms. The topological polar surface area (TPSA) is 29.1 Å². The third-order valence-corrected chi connectivity index (χ3v) is 1.48. The van der Waals surface area contributed by atoms with E-state index in [1.54, 1.807) is 19.1 Å². The minimum atomic E-state index is -0.335. The van der Waals surface area contributed by atoms with Crippen molar-refractivity contribution in [2.24, 2.45) is 0 Å². The summed E-state index contributed by atoms with van der Waals surface area (Å²) in [6.45, 7) is 1.71. The zero-order valence-corrected chi connectivity index (χ0v) is 7.51. The van der Waals surface area contributed by atoms with Crippen LogP contribution in [0.1, 0.15) is 17.3 Å². The van der Waals surface area contributed by atoms with Crippen molar-refractivity contribution in [3.63, 3.8) is 0 Å². The minimum absolute atomic E-state index is 0.141. The first-order chi connectivity index (χ1) is 5.70. The van der Waals surface area contributed by atoms with Crippen molar-refractivity contribution < 1.29 is 4.79 Å². The van der Waals surface area contributed by atoms with Crippen molar-refractivity contribution >= 4 is 17.5 Å². The molecule has 0 aliphatic rings. The smallest absolute Gasteiger partial charge is 0.252 e. The number of hydrogen-bond acceptors (Lipinski definition) is 1. The lowest BCUT2D eigenvalue weighted by atomic mass is 10.2. The zero-order chi connectivity index (χ0) is 8.97. The molecule has 1 N–H and O–H groups in total. The highest BCUT2D eigenvalue weighted by Crippen LogP contribution is 1.99. The second-order valence-electron chi connectivity index (χ2n) is 2.46. The number of nitrogens with one attached hydrogen (secondary N) is 1. The van der Waals surface area contributed by atoms with E-state index in [1.807, 2.05) is 18.2 Å². The number of hydrogen-bond donors (Lipinski definition) is 1. The summed E-state index contributed by atoms with van der Waals surface area (Å²) in [5, 5.41) is 2.59. The molecule has 0 fully saturated rings. The van der Waals surface area contributed by atoms with E-state index < -0.39 is 0 Å². The van der Waals surface area contributed by atoms with Crippen LogP contribution in [-0.4, -0.2) is 11.4 Å². The van der Waals surface area contributed by atoms with Crippen molar-refractivity contribution in [3.8, 4) is 0 Å². The van der Waals surface area contributed by atoms with E-state index in [0.717, 1.165) is 0 Å². The van der Waals surface area contributed by atoms with Gasteiger partial charge in [0, 0.05) is 5.56 Å². The van der Waals surface area contributed by atoms with Gasteiger partial charge in [-0.1, -0.05) is 29.8 Å². The fourth-order valence-corrected chi connectivity index (χ4v) is 0.953. The number of carbonyl (C=O) groups excluding carboxylic acids is 1. The van der Waals surface area contributed by atoms with E-state index in [2.05, 4.69) is 5.32 Å². The number of benzene rings is 1. The largest absolute Gasteiger partial charge is 0.336 e. The SMILES string of the molecule is CC(Cl)NC(=O)c1ccccc1. The van der Waals surface area contributed by atoms with Gasteiger partial charge in [0.1, 0.15) is 5.50 Å². The van der Waals surface area contributed by atoms with E-state index in [0.29, 0.717) is 5.56 Å². The van der Waals surface area contributed by atoms with E-state index in [4.69, 9.17) is 11.6 Å². The highest BCUT2D eigenvalue weighted by Gasteiger charge is 2.05. The summed E-state index contributed by atoms with van der Waals surface area (Å²) in [5.74, 6) is -0.141. The van der Waals surface area contributed by atoms with Crippen LogP contribution in [-0.2, 0) is 0 Å². The van der Waals surface area contributed by atoms with Crippen LogP contribution in [0.2, 0.25) is 0 Å². The average Bonchev–Trinajstić information content (AvgIpc) is 2.05. The maximum atomic E-state index is 11.3. The van der Waals surface area contributed by atoms with Crippen LogP contribution in [0.5, 0.6) is 0 Å². The van der Waals surface area contributed by atoms with Gasteiger partial charge >= 0.3 is 0 Å². The van der Waals surface area contributed by atoms with Crippen LogP contribution < -0.4 is 5.32 Å². The van der Waals surface area contributed by atoms with Gasteiger partial charge in [-0.15, -0.1) is 0 Å². The van der Waals surface area contributed by atoms with Gasteiger partial charge in [0.25, 0.3) is 5.91 Å². The molecule has 0 radical (unpaired) electrons. The molecular formula is C9H10ClNO. The molecule has 0 heterocycles. The van der Waals surface area contributed by atoms with Gasteiger partial charge in [-0.05, 0) is 19.1 Å². The number of halogens is 1. The van der Waals surface area contributed by atoms with Crippen LogP contribution in [0.3, 0.4) is 0 Å². The van der Waals surface area contributed by atoms with Gasteiger partial charge in [0.2, 0.25) is 0 Å². The van der Waals surface area contributed by atoms with Crippen LogP contribution >= 0.6 is 11.6 Å². The molecule has 0 spiro atoms.